The van der Waals surface area contributed by atoms with E-state index in [1.165, 1.54) is 5.57 Å². The molecule has 3 heteroatoms. The van der Waals surface area contributed by atoms with Crippen LogP contribution in [0.3, 0.4) is 0 Å². The number of rotatable bonds is 3. The Morgan fingerprint density at radius 3 is 2.79 bits per heavy atom. The number of esters is 1. The second-order valence-electron chi connectivity index (χ2n) is 6.54. The molecule has 0 bridgehead atoms. The van der Waals surface area contributed by atoms with E-state index in [9.17, 15) is 4.79 Å². The zero-order chi connectivity index (χ0) is 14.5. The molecule has 2 unspecified atom stereocenters. The minimum Gasteiger partial charge on any atom is -0.458 e. The Balaban J connectivity index is 2.44. The Kier molecular flexibility index (Phi) is 5.87. The monoisotopic (exact) mass is 278 g/mol. The summed E-state index contributed by atoms with van der Waals surface area (Å²) in [5.74, 6) is 2.91. The third kappa shape index (κ3) is 6.63. The molecule has 2 atom stereocenters. The Morgan fingerprint density at radius 2 is 2.21 bits per heavy atom. The van der Waals surface area contributed by atoms with Crippen LogP contribution in [0.15, 0.2) is 11.6 Å². The molecule has 0 heterocycles. The van der Waals surface area contributed by atoms with Crippen molar-refractivity contribution in [1.29, 1.82) is 0 Å². The molecule has 0 spiro atoms. The van der Waals surface area contributed by atoms with E-state index in [1.807, 2.05) is 6.92 Å². The highest BCUT2D eigenvalue weighted by Crippen LogP contribution is 2.20. The van der Waals surface area contributed by atoms with Gasteiger partial charge in [0.15, 0.2) is 0 Å². The molecule has 0 fully saturated rings. The van der Waals surface area contributed by atoms with Crippen molar-refractivity contribution in [2.75, 3.05) is 0 Å². The summed E-state index contributed by atoms with van der Waals surface area (Å²) in [5.41, 5.74) is 4.62. The second kappa shape index (κ2) is 6.95. The van der Waals surface area contributed by atoms with Crippen molar-refractivity contribution in [1.82, 2.24) is 0 Å². The van der Waals surface area contributed by atoms with Gasteiger partial charge in [-0.05, 0) is 32.3 Å². The van der Waals surface area contributed by atoms with E-state index in [1.54, 1.807) is 0 Å². The minimum absolute atomic E-state index is 0.0198. The maximum atomic E-state index is 12.0. The van der Waals surface area contributed by atoms with Gasteiger partial charge in [-0.15, -0.1) is 11.5 Å². The number of carbonyl (C=O) groups excluding carboxylic acids is 1. The fraction of sp³-hybridized carbons (Fsp3) is 0.688. The maximum Gasteiger partial charge on any atom is 0.310 e. The Hall–Kier alpha value is -1.01. The first-order valence-corrected chi connectivity index (χ1v) is 10.7. The molecule has 2 nitrogen and oxygen atoms in total. The maximum absolute atomic E-state index is 12.0. The van der Waals surface area contributed by atoms with Gasteiger partial charge in [0.25, 0.3) is 0 Å². The average Bonchev–Trinajstić information content (AvgIpc) is 2.27. The van der Waals surface area contributed by atoms with Gasteiger partial charge in [0.1, 0.15) is 14.2 Å². The van der Waals surface area contributed by atoms with E-state index in [0.717, 1.165) is 19.3 Å². The van der Waals surface area contributed by atoms with Crippen LogP contribution in [0.25, 0.3) is 0 Å². The van der Waals surface area contributed by atoms with Crippen LogP contribution in [0, 0.1) is 17.4 Å². The molecular weight excluding hydrogens is 252 g/mol. The highest BCUT2D eigenvalue weighted by molar-refractivity contribution is 6.83. The van der Waals surface area contributed by atoms with E-state index in [4.69, 9.17) is 4.74 Å². The van der Waals surface area contributed by atoms with Gasteiger partial charge in [0, 0.05) is 6.42 Å². The molecule has 0 aromatic carbocycles. The van der Waals surface area contributed by atoms with Gasteiger partial charge in [0.05, 0.1) is 5.92 Å². The predicted octanol–water partition coefficient (Wildman–Crippen LogP) is 3.94. The number of ether oxygens (including phenoxy) is 1. The predicted molar refractivity (Wildman–Crippen MR) is 82.4 cm³/mol. The summed E-state index contributed by atoms with van der Waals surface area (Å²) in [6, 6.07) is 0. The van der Waals surface area contributed by atoms with E-state index < -0.39 is 8.07 Å². The van der Waals surface area contributed by atoms with Gasteiger partial charge < -0.3 is 4.74 Å². The summed E-state index contributed by atoms with van der Waals surface area (Å²) < 4.78 is 5.53. The van der Waals surface area contributed by atoms with Gasteiger partial charge in [-0.3, -0.25) is 4.79 Å². The van der Waals surface area contributed by atoms with Crippen molar-refractivity contribution < 1.29 is 9.53 Å². The van der Waals surface area contributed by atoms with Crippen LogP contribution in [0.2, 0.25) is 19.6 Å². The van der Waals surface area contributed by atoms with E-state index in [0.29, 0.717) is 6.42 Å². The van der Waals surface area contributed by atoms with Crippen molar-refractivity contribution in [3.05, 3.63) is 11.6 Å². The third-order valence-electron chi connectivity index (χ3n) is 3.07. The van der Waals surface area contributed by atoms with Crippen molar-refractivity contribution in [2.45, 2.75) is 65.3 Å². The summed E-state index contributed by atoms with van der Waals surface area (Å²) >= 11 is 0. The quantitative estimate of drug-likeness (QED) is 0.338. The molecule has 106 valence electrons. The number of hydrogen-bond donors (Lipinski definition) is 0. The summed E-state index contributed by atoms with van der Waals surface area (Å²) in [6.45, 7) is 10.6. The highest BCUT2D eigenvalue weighted by atomic mass is 28.3. The SMILES string of the molecule is CC1=CC(OC(=O)C(C)CC#C[Si](C)(C)C)CCC1. The van der Waals surface area contributed by atoms with Crippen LogP contribution in [-0.4, -0.2) is 20.1 Å². The first-order valence-electron chi connectivity index (χ1n) is 7.16. The van der Waals surface area contributed by atoms with Gasteiger partial charge in [-0.25, -0.2) is 0 Å². The molecule has 0 N–H and O–H groups in total. The highest BCUT2D eigenvalue weighted by Gasteiger charge is 2.20. The van der Waals surface area contributed by atoms with Crippen LogP contribution < -0.4 is 0 Å². The van der Waals surface area contributed by atoms with Crippen LogP contribution in [0.5, 0.6) is 0 Å². The summed E-state index contributed by atoms with van der Waals surface area (Å²) in [5, 5.41) is 0. The fourth-order valence-corrected chi connectivity index (χ4v) is 2.61. The zero-order valence-corrected chi connectivity index (χ0v) is 13.9. The van der Waals surface area contributed by atoms with Crippen molar-refractivity contribution in [3.63, 3.8) is 0 Å². The molecule has 0 radical (unpaired) electrons. The molecule has 0 aromatic rings. The van der Waals surface area contributed by atoms with E-state index in [2.05, 4.69) is 44.1 Å². The normalized spacial score (nSPS) is 20.9. The molecule has 1 aliphatic rings. The lowest BCUT2D eigenvalue weighted by Gasteiger charge is -2.21. The molecule has 1 rings (SSSR count). The molecule has 0 aliphatic heterocycles. The summed E-state index contributed by atoms with van der Waals surface area (Å²) in [7, 11) is -1.33. The lowest BCUT2D eigenvalue weighted by atomic mass is 9.98. The van der Waals surface area contributed by atoms with Crippen LogP contribution in [0.1, 0.15) is 39.5 Å². The van der Waals surface area contributed by atoms with Gasteiger partial charge in [-0.2, -0.15) is 0 Å². The standard InChI is InChI=1S/C16H26O2Si/c1-13-8-6-10-15(12-13)18-16(17)14(2)9-7-11-19(3,4)5/h12,14-15H,6,8-10H2,1-5H3. The smallest absolute Gasteiger partial charge is 0.310 e. The lowest BCUT2D eigenvalue weighted by molar-refractivity contribution is -0.151. The van der Waals surface area contributed by atoms with Crippen LogP contribution in [0.4, 0.5) is 0 Å². The third-order valence-corrected chi connectivity index (χ3v) is 4.00. The van der Waals surface area contributed by atoms with Crippen LogP contribution in [-0.2, 0) is 9.53 Å². The fourth-order valence-electron chi connectivity index (χ4n) is 1.98. The first-order chi connectivity index (χ1) is 8.78. The largest absolute Gasteiger partial charge is 0.458 e. The number of hydrogen-bond acceptors (Lipinski definition) is 2. The zero-order valence-electron chi connectivity index (χ0n) is 12.9. The Bertz CT molecular complexity index is 407. The summed E-state index contributed by atoms with van der Waals surface area (Å²) in [4.78, 5) is 12.0. The Morgan fingerprint density at radius 1 is 1.53 bits per heavy atom. The van der Waals surface area contributed by atoms with Crippen molar-refractivity contribution in [2.24, 2.45) is 5.92 Å². The van der Waals surface area contributed by atoms with Gasteiger partial charge in [0.2, 0.25) is 0 Å². The molecule has 19 heavy (non-hydrogen) atoms. The number of carbonyl (C=O) groups is 1. The molecule has 0 amide bonds. The molecule has 1 aliphatic carbocycles. The molecule has 0 saturated heterocycles. The molecule has 0 saturated carbocycles. The van der Waals surface area contributed by atoms with E-state index >= 15 is 0 Å². The van der Waals surface area contributed by atoms with Crippen LogP contribution >= 0.6 is 0 Å². The second-order valence-corrected chi connectivity index (χ2v) is 11.3. The minimum atomic E-state index is -1.33. The first kappa shape index (κ1) is 16.0. The Labute approximate surface area is 118 Å². The van der Waals surface area contributed by atoms with Gasteiger partial charge >= 0.3 is 5.97 Å². The lowest BCUT2D eigenvalue weighted by Crippen LogP contribution is -2.23. The molecule has 0 aromatic heterocycles. The summed E-state index contributed by atoms with van der Waals surface area (Å²) in [6.07, 6.45) is 5.88. The topological polar surface area (TPSA) is 26.3 Å². The van der Waals surface area contributed by atoms with Gasteiger partial charge in [-0.1, -0.05) is 32.1 Å². The van der Waals surface area contributed by atoms with Crippen molar-refractivity contribution >= 4 is 14.0 Å². The number of allylic oxidation sites excluding steroid dienone is 1. The van der Waals surface area contributed by atoms with E-state index in [-0.39, 0.29) is 18.0 Å². The van der Waals surface area contributed by atoms with Crippen molar-refractivity contribution in [3.8, 4) is 11.5 Å². The average molecular weight is 278 g/mol. The molecular formula is C16H26O2Si.